The molecule has 1 heterocycles. The maximum Gasteiger partial charge on any atom is 0.253 e. The molecule has 1 N–H and O–H groups in total. The summed E-state index contributed by atoms with van der Waals surface area (Å²) >= 11 is 3.40. The second kappa shape index (κ2) is 5.71. The summed E-state index contributed by atoms with van der Waals surface area (Å²) in [7, 11) is 1.59. The van der Waals surface area contributed by atoms with Crippen LogP contribution in [0.15, 0.2) is 22.7 Å². The lowest BCUT2D eigenvalue weighted by molar-refractivity contribution is -0.126. The Morgan fingerprint density at radius 1 is 1.56 bits per heavy atom. The van der Waals surface area contributed by atoms with Crippen molar-refractivity contribution in [2.75, 3.05) is 19.0 Å². The second-order valence-corrected chi connectivity index (χ2v) is 5.25. The van der Waals surface area contributed by atoms with E-state index in [1.807, 2.05) is 19.1 Å². The van der Waals surface area contributed by atoms with E-state index >= 15 is 0 Å². The largest absolute Gasteiger partial charge is 0.497 e. The topological polar surface area (TPSA) is 47.6 Å². The molecular weight excluding hydrogens is 298 g/mol. The van der Waals surface area contributed by atoms with Crippen LogP contribution in [0.25, 0.3) is 0 Å². The van der Waals surface area contributed by atoms with Crippen LogP contribution in [0.3, 0.4) is 0 Å². The van der Waals surface area contributed by atoms with Gasteiger partial charge >= 0.3 is 0 Å². The third kappa shape index (κ3) is 2.84. The van der Waals surface area contributed by atoms with Crippen molar-refractivity contribution in [1.82, 2.24) is 0 Å². The molecule has 4 nitrogen and oxygen atoms in total. The van der Waals surface area contributed by atoms with E-state index in [1.54, 1.807) is 13.2 Å². The highest BCUT2D eigenvalue weighted by molar-refractivity contribution is 9.10. The molecular formula is C13H16BrNO3. The van der Waals surface area contributed by atoms with Gasteiger partial charge in [-0.25, -0.2) is 0 Å². The summed E-state index contributed by atoms with van der Waals surface area (Å²) in [6.07, 6.45) is 0.570. The lowest BCUT2D eigenvalue weighted by Gasteiger charge is -2.15. The Labute approximate surface area is 115 Å². The number of nitrogens with one attached hydrogen (secondary N) is 1. The van der Waals surface area contributed by atoms with Crippen LogP contribution in [0.4, 0.5) is 5.69 Å². The van der Waals surface area contributed by atoms with Gasteiger partial charge in [0.1, 0.15) is 11.9 Å². The van der Waals surface area contributed by atoms with Gasteiger partial charge in [0.25, 0.3) is 5.91 Å². The molecule has 1 aliphatic rings. The first-order valence-corrected chi connectivity index (χ1v) is 6.67. The summed E-state index contributed by atoms with van der Waals surface area (Å²) in [4.78, 5) is 12.1. The maximum atomic E-state index is 12.1. The van der Waals surface area contributed by atoms with Crippen molar-refractivity contribution >= 4 is 27.5 Å². The van der Waals surface area contributed by atoms with Crippen LogP contribution >= 0.6 is 15.9 Å². The zero-order chi connectivity index (χ0) is 13.1. The zero-order valence-electron chi connectivity index (χ0n) is 10.4. The number of carbonyl (C=O) groups excluding carboxylic acids is 1. The summed E-state index contributed by atoms with van der Waals surface area (Å²) in [5, 5.41) is 2.87. The molecule has 2 atom stereocenters. The van der Waals surface area contributed by atoms with Crippen LogP contribution in [-0.4, -0.2) is 25.7 Å². The van der Waals surface area contributed by atoms with Crippen LogP contribution in [0, 0.1) is 5.92 Å². The molecule has 1 fully saturated rings. The first-order chi connectivity index (χ1) is 8.61. The molecule has 0 aliphatic carbocycles. The molecule has 0 bridgehead atoms. The third-order valence-electron chi connectivity index (χ3n) is 3.08. The molecule has 0 radical (unpaired) electrons. The fraction of sp³-hybridized carbons (Fsp3) is 0.462. The van der Waals surface area contributed by atoms with Gasteiger partial charge < -0.3 is 14.8 Å². The highest BCUT2D eigenvalue weighted by atomic mass is 79.9. The lowest BCUT2D eigenvalue weighted by Crippen LogP contribution is -2.31. The predicted molar refractivity (Wildman–Crippen MR) is 72.8 cm³/mol. The molecule has 1 amide bonds. The van der Waals surface area contributed by atoms with Crippen molar-refractivity contribution in [3.8, 4) is 5.75 Å². The Morgan fingerprint density at radius 2 is 2.33 bits per heavy atom. The second-order valence-electron chi connectivity index (χ2n) is 4.39. The predicted octanol–water partition coefficient (Wildman–Crippen LogP) is 2.82. The summed E-state index contributed by atoms with van der Waals surface area (Å²) in [6, 6.07) is 5.45. The molecule has 1 aliphatic heterocycles. The molecule has 1 aromatic carbocycles. The lowest BCUT2D eigenvalue weighted by atomic mass is 10.0. The fourth-order valence-corrected chi connectivity index (χ4v) is 2.31. The Hall–Kier alpha value is -1.07. The number of methoxy groups -OCH3 is 1. The molecule has 1 saturated heterocycles. The summed E-state index contributed by atoms with van der Waals surface area (Å²) < 4.78 is 11.4. The molecule has 5 heteroatoms. The standard InChI is InChI=1S/C13H16BrNO3/c1-8-5-6-18-12(8)13(16)15-11-7-9(17-2)3-4-10(11)14/h3-4,7-8,12H,5-6H2,1-2H3,(H,15,16). The van der Waals surface area contributed by atoms with E-state index in [4.69, 9.17) is 9.47 Å². The number of hydrogen-bond donors (Lipinski definition) is 1. The fourth-order valence-electron chi connectivity index (χ4n) is 1.96. The van der Waals surface area contributed by atoms with E-state index in [1.165, 1.54) is 0 Å². The number of amides is 1. The van der Waals surface area contributed by atoms with E-state index in [0.717, 1.165) is 10.9 Å². The Bertz CT molecular complexity index is 450. The van der Waals surface area contributed by atoms with Gasteiger partial charge in [0.05, 0.1) is 12.8 Å². The van der Waals surface area contributed by atoms with E-state index in [0.29, 0.717) is 18.0 Å². The molecule has 18 heavy (non-hydrogen) atoms. The van der Waals surface area contributed by atoms with Crippen LogP contribution in [0.2, 0.25) is 0 Å². The minimum Gasteiger partial charge on any atom is -0.497 e. The summed E-state index contributed by atoms with van der Waals surface area (Å²) in [6.45, 7) is 2.68. The van der Waals surface area contributed by atoms with Crippen molar-refractivity contribution in [3.05, 3.63) is 22.7 Å². The van der Waals surface area contributed by atoms with Gasteiger partial charge in [0.15, 0.2) is 0 Å². The van der Waals surface area contributed by atoms with Gasteiger partial charge in [-0.15, -0.1) is 0 Å². The van der Waals surface area contributed by atoms with Crippen molar-refractivity contribution in [2.45, 2.75) is 19.4 Å². The van der Waals surface area contributed by atoms with E-state index in [-0.39, 0.29) is 17.9 Å². The molecule has 0 aromatic heterocycles. The van der Waals surface area contributed by atoms with Crippen molar-refractivity contribution in [1.29, 1.82) is 0 Å². The molecule has 0 spiro atoms. The molecule has 98 valence electrons. The van der Waals surface area contributed by atoms with Gasteiger partial charge in [0, 0.05) is 17.1 Å². The van der Waals surface area contributed by atoms with E-state index in [2.05, 4.69) is 21.2 Å². The first-order valence-electron chi connectivity index (χ1n) is 5.88. The Kier molecular flexibility index (Phi) is 4.24. The Balaban J connectivity index is 2.11. The Morgan fingerprint density at radius 3 is 2.94 bits per heavy atom. The number of halogens is 1. The maximum absolute atomic E-state index is 12.1. The average Bonchev–Trinajstić information content (AvgIpc) is 2.78. The average molecular weight is 314 g/mol. The highest BCUT2D eigenvalue weighted by Gasteiger charge is 2.31. The number of ether oxygens (including phenoxy) is 2. The van der Waals surface area contributed by atoms with E-state index in [9.17, 15) is 4.79 Å². The molecule has 2 unspecified atom stereocenters. The first kappa shape index (κ1) is 13.4. The highest BCUT2D eigenvalue weighted by Crippen LogP contribution is 2.28. The molecule has 1 aromatic rings. The van der Waals surface area contributed by atoms with Crippen molar-refractivity contribution in [2.24, 2.45) is 5.92 Å². The van der Waals surface area contributed by atoms with Crippen LogP contribution in [0.1, 0.15) is 13.3 Å². The van der Waals surface area contributed by atoms with Gasteiger partial charge in [-0.05, 0) is 40.4 Å². The third-order valence-corrected chi connectivity index (χ3v) is 3.77. The monoisotopic (exact) mass is 313 g/mol. The van der Waals surface area contributed by atoms with Gasteiger partial charge in [-0.2, -0.15) is 0 Å². The number of hydrogen-bond acceptors (Lipinski definition) is 3. The number of anilines is 1. The summed E-state index contributed by atoms with van der Waals surface area (Å²) in [5.74, 6) is 0.859. The van der Waals surface area contributed by atoms with E-state index < -0.39 is 0 Å². The quantitative estimate of drug-likeness (QED) is 0.933. The number of rotatable bonds is 3. The normalized spacial score (nSPS) is 22.8. The molecule has 0 saturated carbocycles. The van der Waals surface area contributed by atoms with Crippen LogP contribution in [0.5, 0.6) is 5.75 Å². The molecule has 2 rings (SSSR count). The minimum absolute atomic E-state index is 0.103. The zero-order valence-corrected chi connectivity index (χ0v) is 12.0. The van der Waals surface area contributed by atoms with Crippen LogP contribution in [-0.2, 0) is 9.53 Å². The number of carbonyl (C=O) groups is 1. The van der Waals surface area contributed by atoms with Crippen molar-refractivity contribution < 1.29 is 14.3 Å². The van der Waals surface area contributed by atoms with Crippen LogP contribution < -0.4 is 10.1 Å². The SMILES string of the molecule is COc1ccc(Br)c(NC(=O)C2OCCC2C)c1. The van der Waals surface area contributed by atoms with Crippen molar-refractivity contribution in [3.63, 3.8) is 0 Å². The minimum atomic E-state index is -0.358. The van der Waals surface area contributed by atoms with Gasteiger partial charge in [-0.1, -0.05) is 6.92 Å². The van der Waals surface area contributed by atoms with Gasteiger partial charge in [-0.3, -0.25) is 4.79 Å². The summed E-state index contributed by atoms with van der Waals surface area (Å²) in [5.41, 5.74) is 0.696. The number of benzene rings is 1. The smallest absolute Gasteiger partial charge is 0.253 e. The van der Waals surface area contributed by atoms with Gasteiger partial charge in [0.2, 0.25) is 0 Å².